The van der Waals surface area contributed by atoms with Gasteiger partial charge in [0.25, 0.3) is 5.69 Å². The lowest BCUT2D eigenvalue weighted by Crippen LogP contribution is -1.95. The zero-order valence-corrected chi connectivity index (χ0v) is 8.36. The van der Waals surface area contributed by atoms with Gasteiger partial charge in [0, 0.05) is 19.2 Å². The van der Waals surface area contributed by atoms with Gasteiger partial charge in [-0.05, 0) is 6.07 Å². The Bertz CT molecular complexity index is 588. The first-order chi connectivity index (χ1) is 7.63. The normalized spacial score (nSPS) is 11.3. The number of hydrogen-bond donors (Lipinski definition) is 1. The van der Waals surface area contributed by atoms with Gasteiger partial charge in [-0.15, -0.1) is 0 Å². The summed E-state index contributed by atoms with van der Waals surface area (Å²) >= 11 is 0. The molecule has 1 N–H and O–H groups in total. The van der Waals surface area contributed by atoms with Crippen LogP contribution in [-0.4, -0.2) is 25.9 Å². The Morgan fingerprint density at radius 2 is 2.38 bits per heavy atom. The number of fused-ring (bicyclic) bond motifs is 1. The van der Waals surface area contributed by atoms with Gasteiger partial charge < -0.3 is 9.77 Å². The molecule has 0 spiro atoms. The minimum Gasteiger partial charge on any atom is -0.411 e. The van der Waals surface area contributed by atoms with E-state index in [0.29, 0.717) is 11.3 Å². The van der Waals surface area contributed by atoms with E-state index in [2.05, 4.69) is 10.1 Å². The predicted octanol–water partition coefficient (Wildman–Crippen LogP) is 1.29. The number of hydrogen-bond acceptors (Lipinski definition) is 5. The summed E-state index contributed by atoms with van der Waals surface area (Å²) in [6.07, 6.45) is 1.17. The molecule has 0 unspecified atom stereocenters. The minimum atomic E-state index is -0.478. The minimum absolute atomic E-state index is 0.0157. The van der Waals surface area contributed by atoms with Crippen molar-refractivity contribution in [1.29, 1.82) is 0 Å². The van der Waals surface area contributed by atoms with E-state index < -0.39 is 4.92 Å². The molecule has 2 rings (SSSR count). The Labute approximate surface area is 89.8 Å². The van der Waals surface area contributed by atoms with E-state index in [-0.39, 0.29) is 5.69 Å². The molecule has 82 valence electrons. The molecule has 0 atom stereocenters. The third-order valence-corrected chi connectivity index (χ3v) is 2.28. The molecule has 1 aromatic heterocycles. The molecule has 0 aliphatic carbocycles. The van der Waals surface area contributed by atoms with Crippen molar-refractivity contribution < 1.29 is 10.1 Å². The number of aryl methyl sites for hydroxylation is 1. The highest BCUT2D eigenvalue weighted by Gasteiger charge is 2.11. The number of nitro benzene ring substituents is 1. The SMILES string of the molecule is Cn1c(/C=N\O)nc2cc([N+](=O)[O-])ccc21. The second-order valence-electron chi connectivity index (χ2n) is 3.20. The van der Waals surface area contributed by atoms with Gasteiger partial charge in [-0.25, -0.2) is 4.98 Å². The third-order valence-electron chi connectivity index (χ3n) is 2.28. The molecular formula is C9H8N4O3. The van der Waals surface area contributed by atoms with Crippen molar-refractivity contribution in [2.45, 2.75) is 0 Å². The van der Waals surface area contributed by atoms with Crippen LogP contribution < -0.4 is 0 Å². The monoisotopic (exact) mass is 220 g/mol. The van der Waals surface area contributed by atoms with Gasteiger partial charge >= 0.3 is 0 Å². The van der Waals surface area contributed by atoms with Crippen molar-refractivity contribution in [2.75, 3.05) is 0 Å². The van der Waals surface area contributed by atoms with Gasteiger partial charge in [-0.2, -0.15) is 0 Å². The highest BCUT2D eigenvalue weighted by Crippen LogP contribution is 2.20. The lowest BCUT2D eigenvalue weighted by Gasteiger charge is -1.95. The lowest BCUT2D eigenvalue weighted by molar-refractivity contribution is -0.384. The van der Waals surface area contributed by atoms with Crippen LogP contribution in [0.15, 0.2) is 23.4 Å². The van der Waals surface area contributed by atoms with E-state index in [9.17, 15) is 10.1 Å². The molecule has 0 saturated carbocycles. The molecule has 7 heteroatoms. The van der Waals surface area contributed by atoms with Gasteiger partial charge in [0.15, 0.2) is 5.82 Å². The van der Waals surface area contributed by atoms with Crippen LogP contribution in [0.2, 0.25) is 0 Å². The summed E-state index contributed by atoms with van der Waals surface area (Å²) in [4.78, 5) is 14.2. The molecule has 1 heterocycles. The molecule has 0 aliphatic rings. The molecule has 7 nitrogen and oxygen atoms in total. The summed E-state index contributed by atoms with van der Waals surface area (Å²) in [7, 11) is 1.73. The lowest BCUT2D eigenvalue weighted by atomic mass is 10.3. The number of oxime groups is 1. The van der Waals surface area contributed by atoms with Crippen molar-refractivity contribution in [1.82, 2.24) is 9.55 Å². The number of aromatic nitrogens is 2. The number of imidazole rings is 1. The summed E-state index contributed by atoms with van der Waals surface area (Å²) in [5.41, 5.74) is 1.21. The maximum Gasteiger partial charge on any atom is 0.271 e. The first-order valence-corrected chi connectivity index (χ1v) is 4.42. The van der Waals surface area contributed by atoms with Crippen molar-refractivity contribution >= 4 is 22.9 Å². The van der Waals surface area contributed by atoms with E-state index in [1.807, 2.05) is 0 Å². The average Bonchev–Trinajstić information content (AvgIpc) is 2.56. The number of benzene rings is 1. The molecule has 0 saturated heterocycles. The molecule has 0 bridgehead atoms. The van der Waals surface area contributed by atoms with Crippen LogP contribution in [0.4, 0.5) is 5.69 Å². The number of nitrogens with zero attached hydrogens (tertiary/aromatic N) is 4. The van der Waals surface area contributed by atoms with Gasteiger partial charge in [0.1, 0.15) is 6.21 Å². The molecular weight excluding hydrogens is 212 g/mol. The second kappa shape index (κ2) is 3.61. The Kier molecular flexibility index (Phi) is 2.28. The van der Waals surface area contributed by atoms with Gasteiger partial charge in [-0.1, -0.05) is 5.16 Å². The van der Waals surface area contributed by atoms with Crippen molar-refractivity contribution in [3.05, 3.63) is 34.1 Å². The van der Waals surface area contributed by atoms with Gasteiger partial charge in [-0.3, -0.25) is 10.1 Å². The van der Waals surface area contributed by atoms with Crippen LogP contribution >= 0.6 is 0 Å². The van der Waals surface area contributed by atoms with Gasteiger partial charge in [0.05, 0.1) is 16.0 Å². The number of non-ortho nitro benzene ring substituents is 1. The highest BCUT2D eigenvalue weighted by molar-refractivity contribution is 5.85. The topological polar surface area (TPSA) is 93.5 Å². The summed E-state index contributed by atoms with van der Waals surface area (Å²) in [6, 6.07) is 4.39. The molecule has 2 aromatic rings. The standard InChI is InChI=1S/C9H8N4O3/c1-12-8-3-2-6(13(15)16)4-7(8)11-9(12)5-10-14/h2-5,14H,1H3/b10-5-. The van der Waals surface area contributed by atoms with Crippen LogP contribution in [0, 0.1) is 10.1 Å². The molecule has 0 fully saturated rings. The Balaban J connectivity index is 2.67. The van der Waals surface area contributed by atoms with E-state index in [1.165, 1.54) is 18.3 Å². The van der Waals surface area contributed by atoms with Crippen LogP contribution in [0.3, 0.4) is 0 Å². The average molecular weight is 220 g/mol. The Morgan fingerprint density at radius 1 is 1.62 bits per heavy atom. The second-order valence-corrected chi connectivity index (χ2v) is 3.20. The summed E-state index contributed by atoms with van der Waals surface area (Å²) in [5, 5.41) is 21.9. The van der Waals surface area contributed by atoms with E-state index in [0.717, 1.165) is 5.52 Å². The molecule has 0 amide bonds. The van der Waals surface area contributed by atoms with E-state index in [4.69, 9.17) is 5.21 Å². The van der Waals surface area contributed by atoms with E-state index >= 15 is 0 Å². The quantitative estimate of drug-likeness (QED) is 0.357. The first kappa shape index (κ1) is 10.1. The smallest absolute Gasteiger partial charge is 0.271 e. The zero-order chi connectivity index (χ0) is 11.7. The fourth-order valence-corrected chi connectivity index (χ4v) is 1.49. The predicted molar refractivity (Wildman–Crippen MR) is 56.7 cm³/mol. The van der Waals surface area contributed by atoms with Crippen molar-refractivity contribution in [3.63, 3.8) is 0 Å². The molecule has 0 aliphatic heterocycles. The molecule has 1 aromatic carbocycles. The van der Waals surface area contributed by atoms with Crippen molar-refractivity contribution in [3.8, 4) is 0 Å². The van der Waals surface area contributed by atoms with Crippen LogP contribution in [-0.2, 0) is 7.05 Å². The maximum atomic E-state index is 10.6. The third kappa shape index (κ3) is 1.48. The largest absolute Gasteiger partial charge is 0.411 e. The zero-order valence-electron chi connectivity index (χ0n) is 8.36. The van der Waals surface area contributed by atoms with Crippen LogP contribution in [0.1, 0.15) is 5.82 Å². The fourth-order valence-electron chi connectivity index (χ4n) is 1.49. The Hall–Kier alpha value is -2.44. The number of rotatable bonds is 2. The maximum absolute atomic E-state index is 10.6. The summed E-state index contributed by atoms with van der Waals surface area (Å²) < 4.78 is 1.68. The molecule has 16 heavy (non-hydrogen) atoms. The molecule has 0 radical (unpaired) electrons. The Morgan fingerprint density at radius 3 is 3.00 bits per heavy atom. The fraction of sp³-hybridized carbons (Fsp3) is 0.111. The highest BCUT2D eigenvalue weighted by atomic mass is 16.6. The first-order valence-electron chi connectivity index (χ1n) is 4.42. The summed E-state index contributed by atoms with van der Waals surface area (Å²) in [5.74, 6) is 0.429. The van der Waals surface area contributed by atoms with Crippen molar-refractivity contribution in [2.24, 2.45) is 12.2 Å². The summed E-state index contributed by atoms with van der Waals surface area (Å²) in [6.45, 7) is 0. The van der Waals surface area contributed by atoms with Crippen LogP contribution in [0.25, 0.3) is 11.0 Å². The van der Waals surface area contributed by atoms with Crippen LogP contribution in [0.5, 0.6) is 0 Å². The van der Waals surface area contributed by atoms with Gasteiger partial charge in [0.2, 0.25) is 0 Å². The number of nitro groups is 1. The van der Waals surface area contributed by atoms with E-state index in [1.54, 1.807) is 17.7 Å².